The Kier molecular flexibility index (Phi) is 7.14. The van der Waals surface area contributed by atoms with Crippen molar-refractivity contribution in [1.29, 1.82) is 0 Å². The van der Waals surface area contributed by atoms with Gasteiger partial charge >= 0.3 is 0 Å². The molecule has 0 spiro atoms. The molecule has 0 amide bonds. The number of benzene rings is 1. The van der Waals surface area contributed by atoms with Crippen molar-refractivity contribution in [2.45, 2.75) is 52.2 Å². The van der Waals surface area contributed by atoms with Gasteiger partial charge in [0, 0.05) is 17.7 Å². The Morgan fingerprint density at radius 3 is 2.50 bits per heavy atom. The maximum atomic E-state index is 12.4. The van der Waals surface area contributed by atoms with Crippen molar-refractivity contribution in [3.05, 3.63) is 29.3 Å². The predicted molar refractivity (Wildman–Crippen MR) is 88.2 cm³/mol. The first-order chi connectivity index (χ1) is 9.45. The summed E-state index contributed by atoms with van der Waals surface area (Å²) in [5.41, 5.74) is 1.95. The third-order valence-corrected chi connectivity index (χ3v) is 4.14. The Balaban J connectivity index is 2.84. The normalized spacial score (nSPS) is 11.2. The molecular formula is C17H26O2S. The van der Waals surface area contributed by atoms with E-state index in [2.05, 4.69) is 27.7 Å². The van der Waals surface area contributed by atoms with Gasteiger partial charge in [-0.25, -0.2) is 0 Å². The Morgan fingerprint density at radius 2 is 1.95 bits per heavy atom. The molecule has 0 aromatic heterocycles. The van der Waals surface area contributed by atoms with Gasteiger partial charge in [-0.1, -0.05) is 27.7 Å². The number of ether oxygens (including phenoxy) is 1. The predicted octanol–water partition coefficient (Wildman–Crippen LogP) is 4.92. The lowest BCUT2D eigenvalue weighted by molar-refractivity contribution is 0.0988. The smallest absolute Gasteiger partial charge is 0.163 e. The van der Waals surface area contributed by atoms with Crippen LogP contribution in [0.5, 0.6) is 5.75 Å². The highest BCUT2D eigenvalue weighted by atomic mass is 32.2. The van der Waals surface area contributed by atoms with Crippen molar-refractivity contribution in [2.24, 2.45) is 0 Å². The van der Waals surface area contributed by atoms with E-state index in [1.165, 1.54) is 0 Å². The molecule has 0 aliphatic carbocycles. The molecule has 2 nitrogen and oxygen atoms in total. The van der Waals surface area contributed by atoms with E-state index >= 15 is 0 Å². The molecule has 0 aliphatic heterocycles. The van der Waals surface area contributed by atoms with E-state index in [9.17, 15) is 4.79 Å². The average molecular weight is 294 g/mol. The van der Waals surface area contributed by atoms with E-state index in [0.717, 1.165) is 22.6 Å². The number of hydrogen-bond donors (Lipinski definition) is 0. The summed E-state index contributed by atoms with van der Waals surface area (Å²) in [6, 6.07) is 5.83. The third-order valence-electron chi connectivity index (χ3n) is 3.04. The molecule has 0 fully saturated rings. The van der Waals surface area contributed by atoms with Crippen LogP contribution in [-0.4, -0.2) is 23.4 Å². The van der Waals surface area contributed by atoms with E-state index < -0.39 is 0 Å². The summed E-state index contributed by atoms with van der Waals surface area (Å²) in [6.45, 7) is 11.2. The number of thioether (sulfide) groups is 1. The minimum absolute atomic E-state index is 0.241. The fourth-order valence-electron chi connectivity index (χ4n) is 2.05. The van der Waals surface area contributed by atoms with Gasteiger partial charge in [0.15, 0.2) is 5.78 Å². The largest absolute Gasteiger partial charge is 0.494 e. The first-order valence-electron chi connectivity index (χ1n) is 7.37. The summed E-state index contributed by atoms with van der Waals surface area (Å²) in [7, 11) is 0. The molecular weight excluding hydrogens is 268 g/mol. The van der Waals surface area contributed by atoms with E-state index in [-0.39, 0.29) is 5.78 Å². The standard InChI is InChI=1S/C17H26O2S/c1-6-19-14-7-8-15(16(11-14)12(2)3)17(18)9-10-20-13(4)5/h7-8,11-13H,6,9-10H2,1-5H3. The van der Waals surface area contributed by atoms with Gasteiger partial charge in [-0.2, -0.15) is 11.8 Å². The monoisotopic (exact) mass is 294 g/mol. The number of hydrogen-bond acceptors (Lipinski definition) is 3. The number of carbonyl (C=O) groups is 1. The van der Waals surface area contributed by atoms with Crippen LogP contribution in [-0.2, 0) is 0 Å². The topological polar surface area (TPSA) is 26.3 Å². The Bertz CT molecular complexity index is 439. The Morgan fingerprint density at radius 1 is 1.25 bits per heavy atom. The van der Waals surface area contributed by atoms with Gasteiger partial charge in [0.05, 0.1) is 6.61 Å². The molecule has 0 unspecified atom stereocenters. The summed E-state index contributed by atoms with van der Waals surface area (Å²) < 4.78 is 5.53. The van der Waals surface area contributed by atoms with Crippen molar-refractivity contribution in [3.63, 3.8) is 0 Å². The number of ketones is 1. The highest BCUT2D eigenvalue weighted by molar-refractivity contribution is 7.99. The number of Topliss-reactive ketones (excluding diaryl/α,β-unsaturated/α-hetero) is 1. The fourth-order valence-corrected chi connectivity index (χ4v) is 2.83. The van der Waals surface area contributed by atoms with Crippen molar-refractivity contribution >= 4 is 17.5 Å². The Hall–Kier alpha value is -0.960. The van der Waals surface area contributed by atoms with Gasteiger partial charge in [0.1, 0.15) is 5.75 Å². The summed E-state index contributed by atoms with van der Waals surface area (Å²) in [6.07, 6.45) is 0.608. The van der Waals surface area contributed by atoms with Crippen LogP contribution in [0.2, 0.25) is 0 Å². The molecule has 3 heteroatoms. The maximum Gasteiger partial charge on any atom is 0.163 e. The lowest BCUT2D eigenvalue weighted by Crippen LogP contribution is -2.07. The van der Waals surface area contributed by atoms with Crippen molar-refractivity contribution < 1.29 is 9.53 Å². The molecule has 0 bridgehead atoms. The van der Waals surface area contributed by atoms with Crippen LogP contribution in [0.25, 0.3) is 0 Å². The average Bonchev–Trinajstić information content (AvgIpc) is 2.38. The molecule has 0 aliphatic rings. The second-order valence-corrected chi connectivity index (χ2v) is 7.11. The van der Waals surface area contributed by atoms with Gasteiger partial charge in [0.25, 0.3) is 0 Å². The minimum atomic E-state index is 0.241. The molecule has 0 radical (unpaired) electrons. The molecule has 0 saturated heterocycles. The van der Waals surface area contributed by atoms with Gasteiger partial charge in [-0.3, -0.25) is 4.79 Å². The van der Waals surface area contributed by atoms with Crippen LogP contribution in [0, 0.1) is 0 Å². The highest BCUT2D eigenvalue weighted by Gasteiger charge is 2.15. The van der Waals surface area contributed by atoms with E-state index in [1.807, 2.05) is 36.9 Å². The molecule has 0 atom stereocenters. The summed E-state index contributed by atoms with van der Waals surface area (Å²) >= 11 is 1.83. The molecule has 0 heterocycles. The second kappa shape index (κ2) is 8.35. The minimum Gasteiger partial charge on any atom is -0.494 e. The van der Waals surface area contributed by atoms with Crippen LogP contribution < -0.4 is 4.74 Å². The van der Waals surface area contributed by atoms with Gasteiger partial charge in [-0.15, -0.1) is 0 Å². The van der Waals surface area contributed by atoms with Gasteiger partial charge in [-0.05, 0) is 41.9 Å². The quantitative estimate of drug-likeness (QED) is 0.636. The lowest BCUT2D eigenvalue weighted by Gasteiger charge is -2.14. The molecule has 112 valence electrons. The summed E-state index contributed by atoms with van der Waals surface area (Å²) in [5, 5.41) is 0.577. The Labute approximate surface area is 127 Å². The maximum absolute atomic E-state index is 12.4. The highest BCUT2D eigenvalue weighted by Crippen LogP contribution is 2.26. The number of carbonyl (C=O) groups excluding carboxylic acids is 1. The van der Waals surface area contributed by atoms with Crippen LogP contribution >= 0.6 is 11.8 Å². The SMILES string of the molecule is CCOc1ccc(C(=O)CCSC(C)C)c(C(C)C)c1. The van der Waals surface area contributed by atoms with Crippen molar-refractivity contribution in [3.8, 4) is 5.75 Å². The first kappa shape index (κ1) is 17.1. The lowest BCUT2D eigenvalue weighted by atomic mass is 9.93. The molecule has 1 aromatic carbocycles. The molecule has 20 heavy (non-hydrogen) atoms. The zero-order valence-electron chi connectivity index (χ0n) is 13.2. The second-order valence-electron chi connectivity index (χ2n) is 5.43. The first-order valence-corrected chi connectivity index (χ1v) is 8.42. The molecule has 0 saturated carbocycles. The molecule has 1 rings (SSSR count). The number of rotatable bonds is 8. The van der Waals surface area contributed by atoms with Gasteiger partial charge < -0.3 is 4.74 Å². The van der Waals surface area contributed by atoms with Crippen molar-refractivity contribution in [2.75, 3.05) is 12.4 Å². The molecule has 0 N–H and O–H groups in total. The van der Waals surface area contributed by atoms with Crippen LogP contribution in [0.4, 0.5) is 0 Å². The van der Waals surface area contributed by atoms with Crippen LogP contribution in [0.15, 0.2) is 18.2 Å². The van der Waals surface area contributed by atoms with Gasteiger partial charge in [0.2, 0.25) is 0 Å². The summed E-state index contributed by atoms with van der Waals surface area (Å²) in [4.78, 5) is 12.4. The zero-order valence-corrected chi connectivity index (χ0v) is 14.0. The third kappa shape index (κ3) is 5.20. The van der Waals surface area contributed by atoms with Crippen LogP contribution in [0.3, 0.4) is 0 Å². The van der Waals surface area contributed by atoms with Crippen molar-refractivity contribution in [1.82, 2.24) is 0 Å². The van der Waals surface area contributed by atoms with E-state index in [4.69, 9.17) is 4.74 Å². The zero-order chi connectivity index (χ0) is 15.1. The van der Waals surface area contributed by atoms with Crippen LogP contribution in [0.1, 0.15) is 62.9 Å². The fraction of sp³-hybridized carbons (Fsp3) is 0.588. The van der Waals surface area contributed by atoms with E-state index in [0.29, 0.717) is 24.2 Å². The van der Waals surface area contributed by atoms with E-state index in [1.54, 1.807) is 0 Å². The molecule has 1 aromatic rings. The summed E-state index contributed by atoms with van der Waals surface area (Å²) in [5.74, 6) is 2.31.